The number of aliphatic hydroxyl groups is 1. The summed E-state index contributed by atoms with van der Waals surface area (Å²) in [7, 11) is -1.99. The van der Waals surface area contributed by atoms with E-state index in [2.05, 4.69) is 5.32 Å². The van der Waals surface area contributed by atoms with Crippen LogP contribution in [0.15, 0.2) is 44.9 Å². The first-order valence-electron chi connectivity index (χ1n) is 9.49. The summed E-state index contributed by atoms with van der Waals surface area (Å²) in [5, 5.41) is 16.7. The van der Waals surface area contributed by atoms with Gasteiger partial charge in [0.25, 0.3) is 10.0 Å². The lowest BCUT2D eigenvalue weighted by Crippen LogP contribution is -2.28. The third kappa shape index (κ3) is 4.19. The molecule has 6 nitrogen and oxygen atoms in total. The highest BCUT2D eigenvalue weighted by atomic mass is 32.2. The highest BCUT2D eigenvalue weighted by Gasteiger charge is 2.35. The van der Waals surface area contributed by atoms with Crippen molar-refractivity contribution < 1.29 is 13.5 Å². The molecule has 2 N–H and O–H groups in total. The molecule has 2 unspecified atom stereocenters. The van der Waals surface area contributed by atoms with Crippen LogP contribution in [0, 0.1) is 0 Å². The van der Waals surface area contributed by atoms with Crippen LogP contribution in [0.25, 0.3) is 0 Å². The molecule has 0 saturated heterocycles. The van der Waals surface area contributed by atoms with Crippen molar-refractivity contribution >= 4 is 49.5 Å². The van der Waals surface area contributed by atoms with Crippen molar-refractivity contribution in [2.75, 3.05) is 23.2 Å². The van der Waals surface area contributed by atoms with E-state index in [-0.39, 0.29) is 11.3 Å². The fourth-order valence-electron chi connectivity index (χ4n) is 3.75. The molecule has 0 bridgehead atoms. The molecule has 1 aromatic heterocycles. The van der Waals surface area contributed by atoms with Crippen LogP contribution in [0.2, 0.25) is 0 Å². The van der Waals surface area contributed by atoms with Gasteiger partial charge in [0, 0.05) is 18.7 Å². The van der Waals surface area contributed by atoms with Crippen molar-refractivity contribution in [2.45, 2.75) is 47.8 Å². The highest BCUT2D eigenvalue weighted by molar-refractivity contribution is 8.14. The van der Waals surface area contributed by atoms with Gasteiger partial charge in [-0.2, -0.15) is 0 Å². The van der Waals surface area contributed by atoms with Gasteiger partial charge in [-0.3, -0.25) is 9.30 Å². The standard InChI is InChI=1S/C20H25N3O3S3/c1-20(2,24)11-14-12-21-19(28-14)15-10-13-6-4-7-16(18(13)22-15)23(3)29(25,26)17-8-5-9-27-17/h4-9,14-15,22,24H,10-12H2,1-3H3. The molecule has 0 aliphatic carbocycles. The first-order chi connectivity index (χ1) is 13.6. The highest BCUT2D eigenvalue weighted by Crippen LogP contribution is 2.40. The van der Waals surface area contributed by atoms with Crippen molar-refractivity contribution in [3.05, 3.63) is 41.3 Å². The third-order valence-electron chi connectivity index (χ3n) is 5.08. The zero-order valence-electron chi connectivity index (χ0n) is 16.6. The van der Waals surface area contributed by atoms with Gasteiger partial charge in [0.05, 0.1) is 34.6 Å². The van der Waals surface area contributed by atoms with E-state index < -0.39 is 15.6 Å². The number of benzene rings is 1. The zero-order chi connectivity index (χ0) is 20.8. The van der Waals surface area contributed by atoms with Gasteiger partial charge in [-0.15, -0.1) is 23.1 Å². The number of rotatable bonds is 6. The van der Waals surface area contributed by atoms with Gasteiger partial charge in [-0.05, 0) is 43.3 Å². The Morgan fingerprint density at radius 3 is 2.79 bits per heavy atom. The molecule has 3 heterocycles. The van der Waals surface area contributed by atoms with Gasteiger partial charge < -0.3 is 10.4 Å². The van der Waals surface area contributed by atoms with Crippen LogP contribution in [0.5, 0.6) is 0 Å². The molecule has 0 amide bonds. The zero-order valence-corrected chi connectivity index (χ0v) is 19.1. The Morgan fingerprint density at radius 1 is 1.31 bits per heavy atom. The topological polar surface area (TPSA) is 82.0 Å². The molecule has 0 spiro atoms. The maximum Gasteiger partial charge on any atom is 0.273 e. The van der Waals surface area contributed by atoms with Crippen LogP contribution in [-0.4, -0.2) is 49.1 Å². The van der Waals surface area contributed by atoms with Crippen molar-refractivity contribution in [1.29, 1.82) is 0 Å². The number of fused-ring (bicyclic) bond motifs is 1. The minimum Gasteiger partial charge on any atom is -0.390 e. The van der Waals surface area contributed by atoms with Crippen molar-refractivity contribution in [1.82, 2.24) is 0 Å². The van der Waals surface area contributed by atoms with Crippen LogP contribution < -0.4 is 9.62 Å². The normalized spacial score (nSPS) is 21.6. The maximum absolute atomic E-state index is 13.0. The number of aliphatic imine (C=N–C) groups is 1. The summed E-state index contributed by atoms with van der Waals surface area (Å²) in [4.78, 5) is 4.71. The first-order valence-corrected chi connectivity index (χ1v) is 12.7. The Kier molecular flexibility index (Phi) is 5.43. The molecule has 2 atom stereocenters. The monoisotopic (exact) mass is 451 g/mol. The second-order valence-electron chi connectivity index (χ2n) is 8.05. The molecule has 0 radical (unpaired) electrons. The van der Waals surface area contributed by atoms with Crippen molar-refractivity contribution in [3.8, 4) is 0 Å². The largest absolute Gasteiger partial charge is 0.390 e. The van der Waals surface area contributed by atoms with E-state index in [1.165, 1.54) is 15.6 Å². The van der Waals surface area contributed by atoms with Crippen molar-refractivity contribution in [3.63, 3.8) is 0 Å². The number of thioether (sulfide) groups is 1. The molecule has 0 fully saturated rings. The third-order valence-corrected chi connectivity index (χ3v) is 9.53. The molecule has 2 aliphatic rings. The Bertz CT molecular complexity index is 1030. The van der Waals surface area contributed by atoms with Crippen LogP contribution in [-0.2, 0) is 16.4 Å². The average Bonchev–Trinajstić information content (AvgIpc) is 3.38. The van der Waals surface area contributed by atoms with E-state index in [1.54, 1.807) is 36.3 Å². The SMILES string of the molecule is CN(c1cccc2c1NC(C1=NCC(CC(C)(C)O)S1)C2)S(=O)(=O)c1cccs1. The average molecular weight is 452 g/mol. The molecule has 9 heteroatoms. The number of hydrogen-bond acceptors (Lipinski definition) is 7. The Labute approximate surface area is 180 Å². The minimum atomic E-state index is -3.59. The molecule has 1 aromatic carbocycles. The fourth-order valence-corrected chi connectivity index (χ4v) is 7.55. The minimum absolute atomic E-state index is 0.0424. The van der Waals surface area contributed by atoms with E-state index in [0.29, 0.717) is 22.9 Å². The Hall–Kier alpha value is -1.55. The van der Waals surface area contributed by atoms with E-state index in [1.807, 2.05) is 32.0 Å². The quantitative estimate of drug-likeness (QED) is 0.701. The van der Waals surface area contributed by atoms with E-state index in [4.69, 9.17) is 4.99 Å². The number of para-hydroxylation sites is 1. The van der Waals surface area contributed by atoms with Gasteiger partial charge in [0.2, 0.25) is 0 Å². The van der Waals surface area contributed by atoms with E-state index >= 15 is 0 Å². The van der Waals surface area contributed by atoms with Crippen LogP contribution in [0.3, 0.4) is 0 Å². The smallest absolute Gasteiger partial charge is 0.273 e. The van der Waals surface area contributed by atoms with Gasteiger partial charge in [-0.1, -0.05) is 18.2 Å². The van der Waals surface area contributed by atoms with Crippen molar-refractivity contribution in [2.24, 2.45) is 4.99 Å². The number of sulfonamides is 1. The molecular weight excluding hydrogens is 426 g/mol. The summed E-state index contributed by atoms with van der Waals surface area (Å²) < 4.78 is 27.6. The Balaban J connectivity index is 1.53. The predicted molar refractivity (Wildman–Crippen MR) is 122 cm³/mol. The summed E-state index contributed by atoms with van der Waals surface area (Å²) in [6.45, 7) is 4.36. The Morgan fingerprint density at radius 2 is 2.10 bits per heavy atom. The summed E-state index contributed by atoms with van der Waals surface area (Å²) in [6, 6.07) is 9.18. The number of nitrogens with zero attached hydrogens (tertiary/aromatic N) is 2. The summed E-state index contributed by atoms with van der Waals surface area (Å²) in [5.74, 6) is 0. The summed E-state index contributed by atoms with van der Waals surface area (Å²) in [6.07, 6.45) is 1.47. The summed E-state index contributed by atoms with van der Waals surface area (Å²) in [5.41, 5.74) is 1.89. The number of nitrogens with one attached hydrogen (secondary N) is 1. The van der Waals surface area contributed by atoms with Crippen LogP contribution >= 0.6 is 23.1 Å². The van der Waals surface area contributed by atoms with Gasteiger partial charge in [0.1, 0.15) is 4.21 Å². The van der Waals surface area contributed by atoms with Crippen LogP contribution in [0.4, 0.5) is 11.4 Å². The fraction of sp³-hybridized carbons (Fsp3) is 0.450. The number of thiophene rings is 1. The number of hydrogen-bond donors (Lipinski definition) is 2. The molecule has 0 saturated carbocycles. The first kappa shape index (κ1) is 20.7. The summed E-state index contributed by atoms with van der Waals surface area (Å²) >= 11 is 2.94. The lowest BCUT2D eigenvalue weighted by Gasteiger charge is -2.22. The van der Waals surface area contributed by atoms with Gasteiger partial charge in [-0.25, -0.2) is 8.42 Å². The maximum atomic E-state index is 13.0. The molecule has 2 aromatic rings. The lowest BCUT2D eigenvalue weighted by atomic mass is 10.0. The van der Waals surface area contributed by atoms with Crippen LogP contribution in [0.1, 0.15) is 25.8 Å². The lowest BCUT2D eigenvalue weighted by molar-refractivity contribution is 0.0714. The second-order valence-corrected chi connectivity index (χ2v) is 12.5. The molecule has 29 heavy (non-hydrogen) atoms. The second kappa shape index (κ2) is 7.61. The van der Waals surface area contributed by atoms with E-state index in [9.17, 15) is 13.5 Å². The molecule has 4 rings (SSSR count). The van der Waals surface area contributed by atoms with Gasteiger partial charge >= 0.3 is 0 Å². The van der Waals surface area contributed by atoms with E-state index in [0.717, 1.165) is 22.7 Å². The number of anilines is 2. The molecular formula is C20H25N3O3S3. The molecule has 2 aliphatic heterocycles. The molecule has 156 valence electrons. The predicted octanol–water partition coefficient (Wildman–Crippen LogP) is 3.58. The van der Waals surface area contributed by atoms with Gasteiger partial charge in [0.15, 0.2) is 0 Å².